The Balaban J connectivity index is 1.72. The van der Waals surface area contributed by atoms with Crippen LogP contribution in [0.25, 0.3) is 0 Å². The largest absolute Gasteiger partial charge is 0.316 e. The quantitative estimate of drug-likeness (QED) is 0.799. The fourth-order valence-electron chi connectivity index (χ4n) is 2.86. The van der Waals surface area contributed by atoms with Gasteiger partial charge in [-0.05, 0) is 58.3 Å². The summed E-state index contributed by atoms with van der Waals surface area (Å²) in [7, 11) is -0.666. The van der Waals surface area contributed by atoms with Crippen molar-refractivity contribution in [2.24, 2.45) is 5.92 Å². The Labute approximate surface area is 105 Å². The molecule has 5 heteroatoms. The monoisotopic (exact) mass is 260 g/mol. The Kier molecular flexibility index (Phi) is 4.44. The summed E-state index contributed by atoms with van der Waals surface area (Å²) < 4.78 is 22.8. The molecule has 4 nitrogen and oxygen atoms in total. The van der Waals surface area contributed by atoms with Gasteiger partial charge in [-0.3, -0.25) is 0 Å². The number of rotatable bonds is 4. The molecule has 2 unspecified atom stereocenters. The second kappa shape index (κ2) is 5.67. The second-order valence-corrected chi connectivity index (χ2v) is 7.77. The third-order valence-electron chi connectivity index (χ3n) is 4.12. The predicted octanol–water partition coefficient (Wildman–Crippen LogP) is 0.495. The van der Waals surface area contributed by atoms with Crippen molar-refractivity contribution in [3.8, 4) is 0 Å². The zero-order chi connectivity index (χ0) is 12.3. The summed E-state index contributed by atoms with van der Waals surface area (Å²) in [5.41, 5.74) is 0. The third-order valence-corrected chi connectivity index (χ3v) is 5.87. The lowest BCUT2D eigenvalue weighted by Gasteiger charge is -2.27. The van der Waals surface area contributed by atoms with Crippen molar-refractivity contribution in [1.29, 1.82) is 0 Å². The minimum absolute atomic E-state index is 0.261. The van der Waals surface area contributed by atoms with Crippen molar-refractivity contribution in [2.75, 3.05) is 38.2 Å². The van der Waals surface area contributed by atoms with Crippen molar-refractivity contribution in [3.05, 3.63) is 0 Å². The molecule has 2 aliphatic heterocycles. The fraction of sp³-hybridized carbons (Fsp3) is 1.00. The SMILES string of the molecule is CN(CCC1CCCNC1)C1CCS(=O)(=O)C1. The standard InChI is InChI=1S/C12H24N2O2S/c1-14(12-5-8-17(15,16)10-12)7-4-11-3-2-6-13-9-11/h11-13H,2-10H2,1H3. The predicted molar refractivity (Wildman–Crippen MR) is 69.9 cm³/mol. The lowest BCUT2D eigenvalue weighted by Crippen LogP contribution is -2.36. The lowest BCUT2D eigenvalue weighted by atomic mass is 9.96. The summed E-state index contributed by atoms with van der Waals surface area (Å²) in [4.78, 5) is 2.25. The van der Waals surface area contributed by atoms with E-state index in [2.05, 4.69) is 17.3 Å². The Bertz CT molecular complexity index is 336. The first-order chi connectivity index (χ1) is 8.07. The average Bonchev–Trinajstić information content (AvgIpc) is 2.68. The van der Waals surface area contributed by atoms with Crippen LogP contribution in [0.1, 0.15) is 25.7 Å². The molecule has 17 heavy (non-hydrogen) atoms. The van der Waals surface area contributed by atoms with Gasteiger partial charge in [0.1, 0.15) is 0 Å². The molecular weight excluding hydrogens is 236 g/mol. The number of nitrogens with zero attached hydrogens (tertiary/aromatic N) is 1. The van der Waals surface area contributed by atoms with Crippen LogP contribution < -0.4 is 5.32 Å². The van der Waals surface area contributed by atoms with Gasteiger partial charge in [0.05, 0.1) is 11.5 Å². The molecule has 2 aliphatic rings. The van der Waals surface area contributed by atoms with Gasteiger partial charge in [-0.2, -0.15) is 0 Å². The van der Waals surface area contributed by atoms with E-state index < -0.39 is 9.84 Å². The van der Waals surface area contributed by atoms with Crippen LogP contribution in [0.15, 0.2) is 0 Å². The molecule has 0 radical (unpaired) electrons. The van der Waals surface area contributed by atoms with Gasteiger partial charge in [0, 0.05) is 6.04 Å². The molecular formula is C12H24N2O2S. The number of hydrogen-bond acceptors (Lipinski definition) is 4. The van der Waals surface area contributed by atoms with E-state index in [1.807, 2.05) is 0 Å². The van der Waals surface area contributed by atoms with Crippen LogP contribution in [0.2, 0.25) is 0 Å². The van der Waals surface area contributed by atoms with Crippen molar-refractivity contribution >= 4 is 9.84 Å². The van der Waals surface area contributed by atoms with Gasteiger partial charge in [-0.25, -0.2) is 8.42 Å². The maximum atomic E-state index is 11.4. The highest BCUT2D eigenvalue weighted by Crippen LogP contribution is 2.19. The molecule has 0 aromatic heterocycles. The first-order valence-electron chi connectivity index (χ1n) is 6.68. The van der Waals surface area contributed by atoms with Gasteiger partial charge < -0.3 is 10.2 Å². The van der Waals surface area contributed by atoms with Crippen LogP contribution in [0, 0.1) is 5.92 Å². The summed E-state index contributed by atoms with van der Waals surface area (Å²) in [6.07, 6.45) is 4.62. The molecule has 100 valence electrons. The Morgan fingerprint density at radius 3 is 2.76 bits per heavy atom. The van der Waals surface area contributed by atoms with E-state index in [-0.39, 0.29) is 6.04 Å². The van der Waals surface area contributed by atoms with Crippen LogP contribution in [-0.2, 0) is 9.84 Å². The zero-order valence-corrected chi connectivity index (χ0v) is 11.5. The van der Waals surface area contributed by atoms with Gasteiger partial charge in [0.25, 0.3) is 0 Å². The fourth-order valence-corrected chi connectivity index (χ4v) is 4.67. The zero-order valence-electron chi connectivity index (χ0n) is 10.7. The van der Waals surface area contributed by atoms with Crippen molar-refractivity contribution in [3.63, 3.8) is 0 Å². The van der Waals surface area contributed by atoms with E-state index >= 15 is 0 Å². The summed E-state index contributed by atoms with van der Waals surface area (Å²) in [6.45, 7) is 3.33. The van der Waals surface area contributed by atoms with E-state index in [1.165, 1.54) is 19.3 Å². The second-order valence-electron chi connectivity index (χ2n) is 5.54. The molecule has 0 spiro atoms. The Hall–Kier alpha value is -0.130. The molecule has 1 N–H and O–H groups in total. The molecule has 2 rings (SSSR count). The topological polar surface area (TPSA) is 49.4 Å². The molecule has 2 saturated heterocycles. The summed E-state index contributed by atoms with van der Waals surface area (Å²) in [5.74, 6) is 1.53. The minimum atomic E-state index is -2.74. The van der Waals surface area contributed by atoms with E-state index in [9.17, 15) is 8.42 Å². The molecule has 0 amide bonds. The number of hydrogen-bond donors (Lipinski definition) is 1. The highest BCUT2D eigenvalue weighted by molar-refractivity contribution is 7.91. The first-order valence-corrected chi connectivity index (χ1v) is 8.50. The Morgan fingerprint density at radius 1 is 1.35 bits per heavy atom. The molecule has 0 aromatic carbocycles. The van der Waals surface area contributed by atoms with Crippen molar-refractivity contribution in [1.82, 2.24) is 10.2 Å². The van der Waals surface area contributed by atoms with Crippen molar-refractivity contribution in [2.45, 2.75) is 31.7 Å². The molecule has 0 saturated carbocycles. The van der Waals surface area contributed by atoms with Crippen LogP contribution >= 0.6 is 0 Å². The maximum Gasteiger partial charge on any atom is 0.151 e. The third kappa shape index (κ3) is 3.93. The van der Waals surface area contributed by atoms with Crippen LogP contribution in [0.3, 0.4) is 0 Å². The normalized spacial score (nSPS) is 33.1. The maximum absolute atomic E-state index is 11.4. The van der Waals surface area contributed by atoms with Crippen LogP contribution in [0.5, 0.6) is 0 Å². The van der Waals surface area contributed by atoms with Gasteiger partial charge in [-0.15, -0.1) is 0 Å². The molecule has 0 bridgehead atoms. The van der Waals surface area contributed by atoms with Crippen molar-refractivity contribution < 1.29 is 8.42 Å². The average molecular weight is 260 g/mol. The van der Waals surface area contributed by atoms with Gasteiger partial charge in [0.2, 0.25) is 0 Å². The molecule has 0 aromatic rings. The summed E-state index contributed by atoms with van der Waals surface area (Å²) >= 11 is 0. The van der Waals surface area contributed by atoms with E-state index in [4.69, 9.17) is 0 Å². The minimum Gasteiger partial charge on any atom is -0.316 e. The van der Waals surface area contributed by atoms with E-state index in [1.54, 1.807) is 0 Å². The van der Waals surface area contributed by atoms with Gasteiger partial charge >= 0.3 is 0 Å². The number of sulfone groups is 1. The highest BCUT2D eigenvalue weighted by Gasteiger charge is 2.30. The van der Waals surface area contributed by atoms with E-state index in [0.717, 1.165) is 32.0 Å². The van der Waals surface area contributed by atoms with Gasteiger partial charge in [0.15, 0.2) is 9.84 Å². The van der Waals surface area contributed by atoms with Crippen LogP contribution in [0.4, 0.5) is 0 Å². The lowest BCUT2D eigenvalue weighted by molar-refractivity contribution is 0.228. The Morgan fingerprint density at radius 2 is 2.18 bits per heavy atom. The molecule has 0 aliphatic carbocycles. The number of nitrogens with one attached hydrogen (secondary N) is 1. The smallest absolute Gasteiger partial charge is 0.151 e. The highest BCUT2D eigenvalue weighted by atomic mass is 32.2. The summed E-state index contributed by atoms with van der Waals surface area (Å²) in [5, 5.41) is 3.43. The molecule has 2 heterocycles. The molecule has 2 fully saturated rings. The van der Waals surface area contributed by atoms with Gasteiger partial charge in [-0.1, -0.05) is 0 Å². The summed E-state index contributed by atoms with van der Waals surface area (Å²) in [6, 6.07) is 0.261. The number of piperidine rings is 1. The van der Waals surface area contributed by atoms with E-state index in [0.29, 0.717) is 11.5 Å². The van der Waals surface area contributed by atoms with Crippen LogP contribution in [-0.4, -0.2) is 57.5 Å². The molecule has 2 atom stereocenters. The first kappa shape index (κ1) is 13.3.